The molecule has 3 rings (SSSR count). The van der Waals surface area contributed by atoms with Gasteiger partial charge in [0.1, 0.15) is 10.6 Å². The Morgan fingerprint density at radius 1 is 1.10 bits per heavy atom. The van der Waals surface area contributed by atoms with Crippen molar-refractivity contribution in [2.75, 3.05) is 32.2 Å². The normalized spacial score (nSPS) is 13.8. The van der Waals surface area contributed by atoms with Crippen LogP contribution >= 0.6 is 0 Å². The first-order valence-electron chi connectivity index (χ1n) is 9.18. The Kier molecular flexibility index (Phi) is 6.21. The van der Waals surface area contributed by atoms with Gasteiger partial charge >= 0.3 is 5.97 Å². The molecule has 0 spiro atoms. The summed E-state index contributed by atoms with van der Waals surface area (Å²) in [5, 5.41) is 8.91. The number of aliphatic carboxylic acids is 1. The number of fused-ring (bicyclic) bond motifs is 1. The van der Waals surface area contributed by atoms with Crippen LogP contribution in [0.3, 0.4) is 0 Å². The van der Waals surface area contributed by atoms with Crippen molar-refractivity contribution in [1.29, 1.82) is 0 Å². The van der Waals surface area contributed by atoms with Gasteiger partial charge in [-0.1, -0.05) is 0 Å². The van der Waals surface area contributed by atoms with Crippen LogP contribution in [-0.4, -0.2) is 47.4 Å². The fraction of sp³-hybridized carbons (Fsp3) is 0.286. The number of methoxy groups -OCH3 is 3. The summed E-state index contributed by atoms with van der Waals surface area (Å²) in [5.74, 6) is -0.234. The highest BCUT2D eigenvalue weighted by Crippen LogP contribution is 2.41. The number of hydrogen-bond donors (Lipinski definition) is 1. The van der Waals surface area contributed by atoms with Crippen molar-refractivity contribution in [3.8, 4) is 17.2 Å². The van der Waals surface area contributed by atoms with Crippen LogP contribution in [0.2, 0.25) is 0 Å². The summed E-state index contributed by atoms with van der Waals surface area (Å²) in [5.41, 5.74) is 1.81. The maximum atomic E-state index is 13.7. The van der Waals surface area contributed by atoms with E-state index in [1.54, 1.807) is 19.2 Å². The molecule has 0 unspecified atom stereocenters. The van der Waals surface area contributed by atoms with Crippen LogP contribution in [0.25, 0.3) is 6.08 Å². The lowest BCUT2D eigenvalue weighted by Gasteiger charge is -2.31. The first-order chi connectivity index (χ1) is 14.3. The van der Waals surface area contributed by atoms with Crippen LogP contribution in [0.4, 0.5) is 5.69 Å². The maximum absolute atomic E-state index is 13.7. The van der Waals surface area contributed by atoms with Gasteiger partial charge in [-0.3, -0.25) is 4.31 Å². The zero-order valence-electron chi connectivity index (χ0n) is 16.9. The molecule has 0 saturated carbocycles. The molecule has 160 valence electrons. The van der Waals surface area contributed by atoms with Gasteiger partial charge in [0.05, 0.1) is 27.0 Å². The number of carboxylic acid groups (broad SMARTS) is 1. The Morgan fingerprint density at radius 2 is 1.87 bits per heavy atom. The van der Waals surface area contributed by atoms with E-state index in [4.69, 9.17) is 19.3 Å². The van der Waals surface area contributed by atoms with Crippen LogP contribution < -0.4 is 18.5 Å². The molecule has 0 radical (unpaired) electrons. The first-order valence-corrected chi connectivity index (χ1v) is 10.6. The van der Waals surface area contributed by atoms with Gasteiger partial charge in [0, 0.05) is 12.6 Å². The molecule has 0 aromatic heterocycles. The number of sulfonamides is 1. The molecular formula is C21H23NO7S. The number of hydrogen-bond acceptors (Lipinski definition) is 6. The van der Waals surface area contributed by atoms with E-state index in [1.165, 1.54) is 36.7 Å². The van der Waals surface area contributed by atoms with Gasteiger partial charge in [-0.2, -0.15) is 0 Å². The lowest BCUT2D eigenvalue weighted by atomic mass is 10.0. The zero-order chi connectivity index (χ0) is 21.9. The van der Waals surface area contributed by atoms with Crippen molar-refractivity contribution < 1.29 is 32.5 Å². The molecule has 1 aliphatic heterocycles. The van der Waals surface area contributed by atoms with Crippen molar-refractivity contribution in [3.63, 3.8) is 0 Å². The highest BCUT2D eigenvalue weighted by molar-refractivity contribution is 7.93. The molecule has 0 amide bonds. The van der Waals surface area contributed by atoms with Gasteiger partial charge in [0.15, 0.2) is 11.5 Å². The minimum absolute atomic E-state index is 0.0608. The quantitative estimate of drug-likeness (QED) is 0.670. The minimum atomic E-state index is -4.03. The highest BCUT2D eigenvalue weighted by Gasteiger charge is 2.33. The van der Waals surface area contributed by atoms with Crippen LogP contribution in [0, 0.1) is 0 Å². The second-order valence-corrected chi connectivity index (χ2v) is 8.43. The average molecular weight is 433 g/mol. The van der Waals surface area contributed by atoms with E-state index in [1.807, 2.05) is 6.07 Å². The van der Waals surface area contributed by atoms with E-state index in [9.17, 15) is 13.2 Å². The summed E-state index contributed by atoms with van der Waals surface area (Å²) >= 11 is 0. The third-order valence-electron chi connectivity index (χ3n) is 4.82. The predicted molar refractivity (Wildman–Crippen MR) is 112 cm³/mol. The maximum Gasteiger partial charge on any atom is 0.328 e. The van der Waals surface area contributed by atoms with E-state index in [0.717, 1.165) is 18.1 Å². The van der Waals surface area contributed by atoms with E-state index in [-0.39, 0.29) is 16.4 Å². The molecule has 0 atom stereocenters. The number of carbonyl (C=O) groups is 1. The van der Waals surface area contributed by atoms with Gasteiger partial charge < -0.3 is 19.3 Å². The van der Waals surface area contributed by atoms with Crippen molar-refractivity contribution in [3.05, 3.63) is 47.5 Å². The summed E-state index contributed by atoms with van der Waals surface area (Å²) < 4.78 is 44.6. The van der Waals surface area contributed by atoms with Crippen LogP contribution in [0.5, 0.6) is 17.2 Å². The molecule has 0 aliphatic carbocycles. The van der Waals surface area contributed by atoms with Crippen molar-refractivity contribution >= 4 is 27.8 Å². The third-order valence-corrected chi connectivity index (χ3v) is 6.63. The molecule has 9 heteroatoms. The monoisotopic (exact) mass is 433 g/mol. The fourth-order valence-electron chi connectivity index (χ4n) is 3.44. The number of anilines is 1. The van der Waals surface area contributed by atoms with Gasteiger partial charge in [0.2, 0.25) is 0 Å². The molecule has 8 nitrogen and oxygen atoms in total. The predicted octanol–water partition coefficient (Wildman–Crippen LogP) is 2.95. The van der Waals surface area contributed by atoms with Gasteiger partial charge in [-0.05, 0) is 60.4 Å². The van der Waals surface area contributed by atoms with E-state index in [0.29, 0.717) is 30.0 Å². The molecule has 0 fully saturated rings. The molecule has 0 saturated heterocycles. The lowest BCUT2D eigenvalue weighted by molar-refractivity contribution is -0.131. The molecule has 1 N–H and O–H groups in total. The Labute approximate surface area is 175 Å². The lowest BCUT2D eigenvalue weighted by Crippen LogP contribution is -2.35. The molecule has 0 bridgehead atoms. The van der Waals surface area contributed by atoms with E-state index in [2.05, 4.69) is 0 Å². The van der Waals surface area contributed by atoms with E-state index >= 15 is 0 Å². The van der Waals surface area contributed by atoms with Crippen molar-refractivity contribution in [1.82, 2.24) is 0 Å². The first kappa shape index (κ1) is 21.5. The summed E-state index contributed by atoms with van der Waals surface area (Å²) in [6.45, 7) is 0.308. The van der Waals surface area contributed by atoms with Crippen molar-refractivity contribution in [2.45, 2.75) is 17.7 Å². The largest absolute Gasteiger partial charge is 0.497 e. The van der Waals surface area contributed by atoms with Gasteiger partial charge in [-0.25, -0.2) is 13.2 Å². The van der Waals surface area contributed by atoms with Crippen LogP contribution in [-0.2, 0) is 21.2 Å². The van der Waals surface area contributed by atoms with E-state index < -0.39 is 16.0 Å². The molecular weight excluding hydrogens is 410 g/mol. The fourth-order valence-corrected chi connectivity index (χ4v) is 5.19. The molecule has 2 aromatic rings. The van der Waals surface area contributed by atoms with Gasteiger partial charge in [0.25, 0.3) is 10.0 Å². The summed E-state index contributed by atoms with van der Waals surface area (Å²) in [4.78, 5) is 10.8. The standard InChI is InChI=1S/C21H23NO7S/c1-27-16-7-8-17-15(13-16)5-4-10-22(17)30(25,26)19-12-14(6-9-20(23)24)11-18(28-2)21(19)29-3/h6-9,11-13H,4-5,10H2,1-3H3,(H,23,24)/b9-6+. The number of nitrogens with zero attached hydrogens (tertiary/aromatic N) is 1. The molecule has 1 heterocycles. The Morgan fingerprint density at radius 3 is 2.50 bits per heavy atom. The van der Waals surface area contributed by atoms with Gasteiger partial charge in [-0.15, -0.1) is 0 Å². The number of ether oxygens (including phenoxy) is 3. The Hall–Kier alpha value is -3.20. The second kappa shape index (κ2) is 8.66. The average Bonchev–Trinajstić information content (AvgIpc) is 2.75. The van der Waals surface area contributed by atoms with Crippen LogP contribution in [0.15, 0.2) is 41.3 Å². The number of aryl methyl sites for hydroxylation is 1. The second-order valence-electron chi connectivity index (χ2n) is 6.60. The summed E-state index contributed by atoms with van der Waals surface area (Å²) in [7, 11) is 0.287. The minimum Gasteiger partial charge on any atom is -0.497 e. The topological polar surface area (TPSA) is 102 Å². The number of carboxylic acids is 1. The summed E-state index contributed by atoms with van der Waals surface area (Å²) in [6.07, 6.45) is 3.62. The third kappa shape index (κ3) is 4.06. The number of rotatable bonds is 7. The molecule has 2 aromatic carbocycles. The zero-order valence-corrected chi connectivity index (χ0v) is 17.7. The SMILES string of the molecule is COc1ccc2c(c1)CCCN2S(=O)(=O)c1cc(/C=C/C(=O)O)cc(OC)c1OC. The molecule has 1 aliphatic rings. The van der Waals surface area contributed by atoms with Crippen LogP contribution in [0.1, 0.15) is 17.5 Å². The summed E-state index contributed by atoms with van der Waals surface area (Å²) in [6, 6.07) is 8.18. The Balaban J connectivity index is 2.17. The Bertz CT molecular complexity index is 1090. The smallest absolute Gasteiger partial charge is 0.328 e. The number of benzene rings is 2. The molecule has 30 heavy (non-hydrogen) atoms. The highest BCUT2D eigenvalue weighted by atomic mass is 32.2. The van der Waals surface area contributed by atoms with Crippen molar-refractivity contribution in [2.24, 2.45) is 0 Å².